The summed E-state index contributed by atoms with van der Waals surface area (Å²) in [7, 11) is 0. The van der Waals surface area contributed by atoms with Crippen LogP contribution in [0, 0.1) is 0 Å². The molecule has 2 aromatic rings. The average molecular weight is 242 g/mol. The molecule has 1 aromatic heterocycles. The van der Waals surface area contributed by atoms with E-state index in [1.54, 1.807) is 23.9 Å². The number of benzene rings is 1. The monoisotopic (exact) mass is 242 g/mol. The van der Waals surface area contributed by atoms with E-state index >= 15 is 0 Å². The molecule has 92 valence electrons. The molecule has 0 atom stereocenters. The van der Waals surface area contributed by atoms with Crippen molar-refractivity contribution in [3.05, 3.63) is 54.4 Å². The maximum absolute atomic E-state index is 11.1. The minimum absolute atomic E-state index is 0.325. The SMILES string of the molecule is CCOC(=O)C=Cc1ccc(-n2cccn2)cc1. The van der Waals surface area contributed by atoms with Crippen LogP contribution in [0.4, 0.5) is 0 Å². The molecule has 1 aromatic carbocycles. The molecule has 0 aliphatic heterocycles. The molecule has 0 saturated heterocycles. The van der Waals surface area contributed by atoms with Crippen molar-refractivity contribution in [3.8, 4) is 5.69 Å². The van der Waals surface area contributed by atoms with Crippen molar-refractivity contribution in [2.75, 3.05) is 6.61 Å². The van der Waals surface area contributed by atoms with Gasteiger partial charge in [0.25, 0.3) is 0 Å². The van der Waals surface area contributed by atoms with Gasteiger partial charge in [-0.2, -0.15) is 5.10 Å². The highest BCUT2D eigenvalue weighted by atomic mass is 16.5. The molecule has 4 heteroatoms. The van der Waals surface area contributed by atoms with E-state index in [0.29, 0.717) is 6.61 Å². The molecule has 0 aliphatic carbocycles. The fourth-order valence-corrected chi connectivity index (χ4v) is 1.51. The van der Waals surface area contributed by atoms with E-state index in [0.717, 1.165) is 11.3 Å². The minimum Gasteiger partial charge on any atom is -0.463 e. The second kappa shape index (κ2) is 5.82. The lowest BCUT2D eigenvalue weighted by atomic mass is 10.2. The third kappa shape index (κ3) is 3.07. The zero-order valence-electron chi connectivity index (χ0n) is 10.1. The van der Waals surface area contributed by atoms with Gasteiger partial charge in [-0.05, 0) is 36.8 Å². The summed E-state index contributed by atoms with van der Waals surface area (Å²) in [6.45, 7) is 2.17. The summed E-state index contributed by atoms with van der Waals surface area (Å²) >= 11 is 0. The zero-order valence-corrected chi connectivity index (χ0v) is 10.1. The summed E-state index contributed by atoms with van der Waals surface area (Å²) in [5.74, 6) is -0.325. The Balaban J connectivity index is 2.06. The molecule has 0 spiro atoms. The number of esters is 1. The van der Waals surface area contributed by atoms with Crippen LogP contribution in [0.25, 0.3) is 11.8 Å². The third-order valence-electron chi connectivity index (χ3n) is 2.36. The van der Waals surface area contributed by atoms with Gasteiger partial charge in [-0.15, -0.1) is 0 Å². The van der Waals surface area contributed by atoms with Crippen LogP contribution in [0.5, 0.6) is 0 Å². The van der Waals surface area contributed by atoms with Crippen molar-refractivity contribution in [1.29, 1.82) is 0 Å². The Morgan fingerprint density at radius 2 is 2.17 bits per heavy atom. The quantitative estimate of drug-likeness (QED) is 0.611. The zero-order chi connectivity index (χ0) is 12.8. The fourth-order valence-electron chi connectivity index (χ4n) is 1.51. The summed E-state index contributed by atoms with van der Waals surface area (Å²) in [6.07, 6.45) is 6.76. The Kier molecular flexibility index (Phi) is 3.91. The molecule has 0 N–H and O–H groups in total. The lowest BCUT2D eigenvalue weighted by Crippen LogP contribution is -1.98. The highest BCUT2D eigenvalue weighted by molar-refractivity contribution is 5.87. The normalized spacial score (nSPS) is 10.7. The third-order valence-corrected chi connectivity index (χ3v) is 2.36. The topological polar surface area (TPSA) is 44.1 Å². The number of hydrogen-bond acceptors (Lipinski definition) is 3. The summed E-state index contributed by atoms with van der Waals surface area (Å²) in [5, 5.41) is 4.14. The van der Waals surface area contributed by atoms with E-state index in [2.05, 4.69) is 5.10 Å². The standard InChI is InChI=1S/C14H14N2O2/c1-2-18-14(17)9-6-12-4-7-13(8-5-12)16-11-3-10-15-16/h3-11H,2H2,1H3. The predicted molar refractivity (Wildman–Crippen MR) is 69.2 cm³/mol. The van der Waals surface area contributed by atoms with Gasteiger partial charge in [0.15, 0.2) is 0 Å². The van der Waals surface area contributed by atoms with Gasteiger partial charge in [0.05, 0.1) is 12.3 Å². The van der Waals surface area contributed by atoms with Crippen LogP contribution in [0.2, 0.25) is 0 Å². The van der Waals surface area contributed by atoms with Crippen molar-refractivity contribution in [3.63, 3.8) is 0 Å². The second-order valence-electron chi connectivity index (χ2n) is 3.63. The van der Waals surface area contributed by atoms with E-state index in [4.69, 9.17) is 4.74 Å². The summed E-state index contributed by atoms with van der Waals surface area (Å²) in [5.41, 5.74) is 1.92. The van der Waals surface area contributed by atoms with Crippen LogP contribution < -0.4 is 0 Å². The Morgan fingerprint density at radius 1 is 1.39 bits per heavy atom. The smallest absolute Gasteiger partial charge is 0.330 e. The van der Waals surface area contributed by atoms with E-state index < -0.39 is 0 Å². The number of ether oxygens (including phenoxy) is 1. The van der Waals surface area contributed by atoms with Gasteiger partial charge in [-0.3, -0.25) is 0 Å². The molecule has 18 heavy (non-hydrogen) atoms. The number of carbonyl (C=O) groups excluding carboxylic acids is 1. The van der Waals surface area contributed by atoms with E-state index in [9.17, 15) is 4.79 Å². The lowest BCUT2D eigenvalue weighted by Gasteiger charge is -2.01. The van der Waals surface area contributed by atoms with E-state index in [1.165, 1.54) is 6.08 Å². The largest absolute Gasteiger partial charge is 0.463 e. The number of carbonyl (C=O) groups is 1. The first-order valence-corrected chi connectivity index (χ1v) is 5.74. The molecule has 0 aliphatic rings. The van der Waals surface area contributed by atoms with Crippen LogP contribution in [-0.2, 0) is 9.53 Å². The van der Waals surface area contributed by atoms with Gasteiger partial charge in [-0.25, -0.2) is 9.48 Å². The molecule has 0 saturated carbocycles. The fraction of sp³-hybridized carbons (Fsp3) is 0.143. The Labute approximate surface area is 106 Å². The molecule has 4 nitrogen and oxygen atoms in total. The first-order valence-electron chi connectivity index (χ1n) is 5.74. The number of hydrogen-bond donors (Lipinski definition) is 0. The Bertz CT molecular complexity index is 527. The van der Waals surface area contributed by atoms with Crippen molar-refractivity contribution in [2.45, 2.75) is 6.92 Å². The summed E-state index contributed by atoms with van der Waals surface area (Å²) in [4.78, 5) is 11.1. The molecule has 0 radical (unpaired) electrons. The highest BCUT2D eigenvalue weighted by Crippen LogP contribution is 2.09. The molecular formula is C14H14N2O2. The molecule has 0 amide bonds. The van der Waals surface area contributed by atoms with Gasteiger partial charge in [0.1, 0.15) is 0 Å². The van der Waals surface area contributed by atoms with Crippen molar-refractivity contribution >= 4 is 12.0 Å². The van der Waals surface area contributed by atoms with Gasteiger partial charge in [0, 0.05) is 18.5 Å². The first kappa shape index (κ1) is 12.1. The van der Waals surface area contributed by atoms with Crippen LogP contribution in [-0.4, -0.2) is 22.4 Å². The number of rotatable bonds is 4. The minimum atomic E-state index is -0.325. The van der Waals surface area contributed by atoms with Crippen LogP contribution in [0.1, 0.15) is 12.5 Å². The van der Waals surface area contributed by atoms with Gasteiger partial charge in [0.2, 0.25) is 0 Å². The van der Waals surface area contributed by atoms with E-state index in [-0.39, 0.29) is 5.97 Å². The molecule has 2 rings (SSSR count). The Hall–Kier alpha value is -2.36. The van der Waals surface area contributed by atoms with Gasteiger partial charge >= 0.3 is 5.97 Å². The molecule has 0 unspecified atom stereocenters. The van der Waals surface area contributed by atoms with Crippen LogP contribution in [0.15, 0.2) is 48.8 Å². The summed E-state index contributed by atoms with van der Waals surface area (Å²) < 4.78 is 6.58. The number of aromatic nitrogens is 2. The van der Waals surface area contributed by atoms with Crippen molar-refractivity contribution in [2.24, 2.45) is 0 Å². The van der Waals surface area contributed by atoms with Crippen molar-refractivity contribution < 1.29 is 9.53 Å². The maximum Gasteiger partial charge on any atom is 0.330 e. The van der Waals surface area contributed by atoms with Gasteiger partial charge in [-0.1, -0.05) is 12.1 Å². The van der Waals surface area contributed by atoms with Crippen LogP contribution >= 0.6 is 0 Å². The summed E-state index contributed by atoms with van der Waals surface area (Å²) in [6, 6.07) is 9.60. The van der Waals surface area contributed by atoms with Gasteiger partial charge < -0.3 is 4.74 Å². The second-order valence-corrected chi connectivity index (χ2v) is 3.63. The van der Waals surface area contributed by atoms with Crippen molar-refractivity contribution in [1.82, 2.24) is 9.78 Å². The van der Waals surface area contributed by atoms with E-state index in [1.807, 2.05) is 36.5 Å². The first-order chi connectivity index (χ1) is 8.79. The molecular weight excluding hydrogens is 228 g/mol. The van der Waals surface area contributed by atoms with Crippen LogP contribution in [0.3, 0.4) is 0 Å². The lowest BCUT2D eigenvalue weighted by molar-refractivity contribution is -0.137. The molecule has 0 fully saturated rings. The maximum atomic E-state index is 11.1. The number of nitrogens with zero attached hydrogens (tertiary/aromatic N) is 2. The molecule has 1 heterocycles. The molecule has 0 bridgehead atoms. The Morgan fingerprint density at radius 3 is 2.78 bits per heavy atom. The highest BCUT2D eigenvalue weighted by Gasteiger charge is 1.96. The average Bonchev–Trinajstić information content (AvgIpc) is 2.91. The predicted octanol–water partition coefficient (Wildman–Crippen LogP) is 2.45.